The highest BCUT2D eigenvalue weighted by molar-refractivity contribution is 7.28. The minimum Gasteiger partial charge on any atom is -0.143 e. The summed E-state index contributed by atoms with van der Waals surface area (Å²) in [5, 5.41) is 2.13. The predicted octanol–water partition coefficient (Wildman–Crippen LogP) is 8.33. The van der Waals surface area contributed by atoms with Crippen LogP contribution in [-0.4, -0.2) is 0 Å². The molecule has 0 aliphatic rings. The SMILES string of the molecule is C(#Cc1ccc(-c2ccc(-c3ccc(-c4cccs4)s3)s2)s1)c1ccccc1. The second kappa shape index (κ2) is 7.90. The Bertz CT molecular complexity index is 1250. The summed E-state index contributed by atoms with van der Waals surface area (Å²) in [5.74, 6) is 6.52. The van der Waals surface area contributed by atoms with E-state index in [0.29, 0.717) is 0 Å². The van der Waals surface area contributed by atoms with E-state index in [9.17, 15) is 0 Å². The minimum atomic E-state index is 1.05. The van der Waals surface area contributed by atoms with Crippen molar-refractivity contribution in [1.82, 2.24) is 0 Å². The van der Waals surface area contributed by atoms with E-state index in [1.165, 1.54) is 29.3 Å². The first kappa shape index (κ1) is 17.7. The molecule has 5 rings (SSSR count). The van der Waals surface area contributed by atoms with Crippen LogP contribution in [0.3, 0.4) is 0 Å². The van der Waals surface area contributed by atoms with Crippen molar-refractivity contribution in [2.45, 2.75) is 0 Å². The van der Waals surface area contributed by atoms with Gasteiger partial charge in [0.25, 0.3) is 0 Å². The Balaban J connectivity index is 1.37. The predicted molar refractivity (Wildman–Crippen MR) is 127 cm³/mol. The van der Waals surface area contributed by atoms with Crippen LogP contribution < -0.4 is 0 Å². The Morgan fingerprint density at radius 3 is 1.71 bits per heavy atom. The van der Waals surface area contributed by atoms with Crippen LogP contribution in [0.2, 0.25) is 0 Å². The Kier molecular flexibility index (Phi) is 4.99. The molecule has 134 valence electrons. The summed E-state index contributed by atoms with van der Waals surface area (Å²) in [6.45, 7) is 0. The molecule has 0 saturated heterocycles. The molecular weight excluding hydrogens is 417 g/mol. The maximum absolute atomic E-state index is 3.28. The smallest absolute Gasteiger partial charge is 0.0779 e. The van der Waals surface area contributed by atoms with E-state index in [1.54, 1.807) is 22.7 Å². The molecule has 0 N–H and O–H groups in total. The molecular formula is C24H14S4. The standard InChI is InChI=1S/C24H14S4/c1-2-5-17(6-3-1)8-9-18-10-11-21(26-18)22-14-15-24(28-22)23-13-12-20(27-23)19-7-4-16-25-19/h1-7,10-16H. The molecule has 0 aliphatic carbocycles. The molecule has 4 heteroatoms. The van der Waals surface area contributed by atoms with E-state index in [1.807, 2.05) is 53.0 Å². The molecule has 0 amide bonds. The first-order valence-corrected chi connectivity index (χ1v) is 12.1. The van der Waals surface area contributed by atoms with Crippen molar-refractivity contribution >= 4 is 45.3 Å². The van der Waals surface area contributed by atoms with E-state index in [2.05, 4.69) is 65.8 Å². The molecule has 0 spiro atoms. The molecule has 28 heavy (non-hydrogen) atoms. The highest BCUT2D eigenvalue weighted by Crippen LogP contribution is 2.42. The molecule has 4 heterocycles. The Labute approximate surface area is 180 Å². The lowest BCUT2D eigenvalue weighted by Crippen LogP contribution is -1.70. The summed E-state index contributed by atoms with van der Waals surface area (Å²) in [6.07, 6.45) is 0. The van der Waals surface area contributed by atoms with Gasteiger partial charge in [-0.15, -0.1) is 45.3 Å². The fourth-order valence-electron chi connectivity index (χ4n) is 2.82. The van der Waals surface area contributed by atoms with Crippen LogP contribution in [-0.2, 0) is 0 Å². The molecule has 0 nitrogen and oxygen atoms in total. The fourth-order valence-corrected chi connectivity index (χ4v) is 6.70. The van der Waals surface area contributed by atoms with Crippen LogP contribution in [0.5, 0.6) is 0 Å². The van der Waals surface area contributed by atoms with Gasteiger partial charge < -0.3 is 0 Å². The van der Waals surface area contributed by atoms with Crippen LogP contribution in [0.15, 0.2) is 84.2 Å². The van der Waals surface area contributed by atoms with Gasteiger partial charge in [-0.25, -0.2) is 0 Å². The van der Waals surface area contributed by atoms with Gasteiger partial charge in [0, 0.05) is 34.8 Å². The third-order valence-corrected chi connectivity index (χ3v) is 8.80. The summed E-state index contributed by atoms with van der Waals surface area (Å²) >= 11 is 7.27. The first-order valence-electron chi connectivity index (χ1n) is 8.76. The molecule has 0 bridgehead atoms. The third kappa shape index (κ3) is 3.76. The number of benzene rings is 1. The Morgan fingerprint density at radius 2 is 1.07 bits per heavy atom. The molecule has 0 unspecified atom stereocenters. The van der Waals surface area contributed by atoms with Gasteiger partial charge in [-0.2, -0.15) is 0 Å². The van der Waals surface area contributed by atoms with Gasteiger partial charge in [0.1, 0.15) is 0 Å². The number of hydrogen-bond acceptors (Lipinski definition) is 4. The van der Waals surface area contributed by atoms with Gasteiger partial charge >= 0.3 is 0 Å². The fraction of sp³-hybridized carbons (Fsp3) is 0. The topological polar surface area (TPSA) is 0 Å². The number of thiophene rings is 4. The molecule has 0 radical (unpaired) electrons. The second-order valence-corrected chi connectivity index (χ2v) is 10.3. The minimum absolute atomic E-state index is 1.05. The molecule has 0 aliphatic heterocycles. The van der Waals surface area contributed by atoms with Gasteiger partial charge in [0.15, 0.2) is 0 Å². The quantitative estimate of drug-likeness (QED) is 0.252. The average Bonchev–Trinajstić information content (AvgIpc) is 3.53. The van der Waals surface area contributed by atoms with Crippen LogP contribution in [0.1, 0.15) is 10.4 Å². The van der Waals surface area contributed by atoms with E-state index in [4.69, 9.17) is 0 Å². The number of hydrogen-bond donors (Lipinski definition) is 0. The molecule has 5 aromatic rings. The lowest BCUT2D eigenvalue weighted by Gasteiger charge is -1.91. The summed E-state index contributed by atoms with van der Waals surface area (Å²) in [6, 6.07) is 27.7. The monoisotopic (exact) mass is 430 g/mol. The summed E-state index contributed by atoms with van der Waals surface area (Å²) in [5.41, 5.74) is 1.05. The van der Waals surface area contributed by atoms with Crippen molar-refractivity contribution in [3.63, 3.8) is 0 Å². The van der Waals surface area contributed by atoms with Crippen molar-refractivity contribution in [3.05, 3.63) is 94.7 Å². The summed E-state index contributed by atoms with van der Waals surface area (Å²) in [4.78, 5) is 9.03. The lowest BCUT2D eigenvalue weighted by molar-refractivity contribution is 1.65. The van der Waals surface area contributed by atoms with Gasteiger partial charge in [0.05, 0.1) is 4.88 Å². The number of rotatable bonds is 3. The first-order chi connectivity index (χ1) is 13.8. The van der Waals surface area contributed by atoms with Crippen LogP contribution in [0.4, 0.5) is 0 Å². The summed E-state index contributed by atoms with van der Waals surface area (Å²) < 4.78 is 0. The maximum atomic E-state index is 3.28. The molecule has 4 aromatic heterocycles. The average molecular weight is 431 g/mol. The van der Waals surface area contributed by atoms with Crippen LogP contribution in [0.25, 0.3) is 29.3 Å². The van der Waals surface area contributed by atoms with Crippen molar-refractivity contribution in [3.8, 4) is 41.1 Å². The highest BCUT2D eigenvalue weighted by atomic mass is 32.1. The third-order valence-electron chi connectivity index (χ3n) is 4.17. The van der Waals surface area contributed by atoms with E-state index >= 15 is 0 Å². The molecule has 0 fully saturated rings. The Hall–Kier alpha value is -2.42. The lowest BCUT2D eigenvalue weighted by atomic mass is 10.2. The van der Waals surface area contributed by atoms with Crippen molar-refractivity contribution in [2.75, 3.05) is 0 Å². The highest BCUT2D eigenvalue weighted by Gasteiger charge is 2.10. The largest absolute Gasteiger partial charge is 0.143 e. The van der Waals surface area contributed by atoms with Crippen LogP contribution in [0, 0.1) is 11.8 Å². The van der Waals surface area contributed by atoms with Gasteiger partial charge in [-0.3, -0.25) is 0 Å². The van der Waals surface area contributed by atoms with Crippen molar-refractivity contribution in [2.24, 2.45) is 0 Å². The van der Waals surface area contributed by atoms with Crippen molar-refractivity contribution in [1.29, 1.82) is 0 Å². The zero-order valence-corrected chi connectivity index (χ0v) is 18.0. The molecule has 1 aromatic carbocycles. The second-order valence-electron chi connectivity index (χ2n) is 6.09. The van der Waals surface area contributed by atoms with Gasteiger partial charge in [-0.05, 0) is 60.0 Å². The normalized spacial score (nSPS) is 10.6. The van der Waals surface area contributed by atoms with E-state index < -0.39 is 0 Å². The Morgan fingerprint density at radius 1 is 0.464 bits per heavy atom. The zero-order chi connectivity index (χ0) is 18.8. The molecule has 0 saturated carbocycles. The van der Waals surface area contributed by atoms with E-state index in [-0.39, 0.29) is 0 Å². The van der Waals surface area contributed by atoms with Crippen molar-refractivity contribution < 1.29 is 0 Å². The van der Waals surface area contributed by atoms with Crippen LogP contribution >= 0.6 is 45.3 Å². The van der Waals surface area contributed by atoms with E-state index in [0.717, 1.165) is 10.4 Å². The molecule has 0 atom stereocenters. The van der Waals surface area contributed by atoms with Gasteiger partial charge in [-0.1, -0.05) is 36.1 Å². The summed E-state index contributed by atoms with van der Waals surface area (Å²) in [7, 11) is 0. The zero-order valence-electron chi connectivity index (χ0n) is 14.7. The van der Waals surface area contributed by atoms with Gasteiger partial charge in [0.2, 0.25) is 0 Å². The maximum Gasteiger partial charge on any atom is 0.0779 e.